The third-order valence-corrected chi connectivity index (χ3v) is 3.84. The van der Waals surface area contributed by atoms with Gasteiger partial charge >= 0.3 is 0 Å². The van der Waals surface area contributed by atoms with E-state index in [0.29, 0.717) is 12.5 Å². The molecule has 0 aliphatic carbocycles. The van der Waals surface area contributed by atoms with Crippen LogP contribution < -0.4 is 10.6 Å². The molecule has 7 nitrogen and oxygen atoms in total. The number of nitrogens with zero attached hydrogens (tertiary/aromatic N) is 3. The van der Waals surface area contributed by atoms with Crippen LogP contribution in [0.5, 0.6) is 0 Å². The zero-order valence-corrected chi connectivity index (χ0v) is 15.4. The maximum Gasteiger partial charge on any atom is 0.243 e. The number of halogens is 1. The van der Waals surface area contributed by atoms with Gasteiger partial charge in [0, 0.05) is 30.3 Å². The number of aliphatic imine (C=N–C) groups is 1. The van der Waals surface area contributed by atoms with E-state index in [1.54, 1.807) is 13.1 Å². The van der Waals surface area contributed by atoms with E-state index >= 15 is 0 Å². The minimum Gasteiger partial charge on any atom is -0.364 e. The highest BCUT2D eigenvalue weighted by atomic mass is 79.9. The Labute approximate surface area is 149 Å². The Morgan fingerprint density at radius 3 is 2.88 bits per heavy atom. The van der Waals surface area contributed by atoms with Crippen molar-refractivity contribution in [3.05, 3.63) is 46.3 Å². The predicted octanol–water partition coefficient (Wildman–Crippen LogP) is 2.39. The fourth-order valence-electron chi connectivity index (χ4n) is 2.10. The van der Waals surface area contributed by atoms with E-state index < -0.39 is 0 Å². The molecule has 0 fully saturated rings. The van der Waals surface area contributed by atoms with Gasteiger partial charge in [-0.1, -0.05) is 27.2 Å². The second kappa shape index (κ2) is 8.49. The maximum atomic E-state index is 12.1. The lowest BCUT2D eigenvalue weighted by Crippen LogP contribution is -2.42. The average molecular weight is 394 g/mol. The van der Waals surface area contributed by atoms with Crippen LogP contribution in [-0.4, -0.2) is 42.6 Å². The summed E-state index contributed by atoms with van der Waals surface area (Å²) in [6, 6.07) is 7.53. The molecule has 8 heteroatoms. The summed E-state index contributed by atoms with van der Waals surface area (Å²) in [5.74, 6) is 0.450. The normalized spacial score (nSPS) is 11.2. The van der Waals surface area contributed by atoms with Gasteiger partial charge in [-0.25, -0.2) is 0 Å². The first-order valence-corrected chi connectivity index (χ1v) is 8.16. The van der Waals surface area contributed by atoms with Crippen LogP contribution in [0, 0.1) is 6.92 Å². The van der Waals surface area contributed by atoms with Crippen LogP contribution in [0.4, 0.5) is 5.69 Å². The molecule has 0 aliphatic rings. The number of carbonyl (C=O) groups is 1. The lowest BCUT2D eigenvalue weighted by atomic mass is 10.2. The fourth-order valence-corrected chi connectivity index (χ4v) is 2.47. The van der Waals surface area contributed by atoms with Crippen LogP contribution in [0.1, 0.15) is 11.3 Å². The number of carbonyl (C=O) groups excluding carboxylic acids is 1. The van der Waals surface area contributed by atoms with Crippen LogP contribution in [0.3, 0.4) is 0 Å². The third kappa shape index (κ3) is 5.09. The van der Waals surface area contributed by atoms with Crippen molar-refractivity contribution in [3.63, 3.8) is 0 Å². The zero-order chi connectivity index (χ0) is 17.5. The number of hydrogen-bond acceptors (Lipinski definition) is 4. The van der Waals surface area contributed by atoms with Crippen molar-refractivity contribution in [3.8, 4) is 0 Å². The third-order valence-electron chi connectivity index (χ3n) is 3.34. The second-order valence-corrected chi connectivity index (χ2v) is 6.17. The second-order valence-electron chi connectivity index (χ2n) is 5.26. The number of anilines is 1. The number of amides is 1. The Kier molecular flexibility index (Phi) is 6.36. The molecule has 0 radical (unpaired) electrons. The lowest BCUT2D eigenvalue weighted by Gasteiger charge is -2.20. The molecule has 1 aromatic carbocycles. The minimum atomic E-state index is -0.146. The molecule has 2 aromatic rings. The Bertz CT molecular complexity index is 715. The summed E-state index contributed by atoms with van der Waals surface area (Å²) >= 11 is 3.40. The molecule has 0 spiro atoms. The van der Waals surface area contributed by atoms with Crippen LogP contribution in [-0.2, 0) is 11.3 Å². The Morgan fingerprint density at radius 2 is 2.21 bits per heavy atom. The summed E-state index contributed by atoms with van der Waals surface area (Å²) in [6.45, 7) is 2.59. The van der Waals surface area contributed by atoms with E-state index in [1.165, 1.54) is 6.26 Å². The molecule has 1 amide bonds. The van der Waals surface area contributed by atoms with Gasteiger partial charge < -0.3 is 20.1 Å². The van der Waals surface area contributed by atoms with Crippen molar-refractivity contribution < 1.29 is 9.32 Å². The van der Waals surface area contributed by atoms with Crippen LogP contribution >= 0.6 is 15.9 Å². The molecule has 0 saturated carbocycles. The van der Waals surface area contributed by atoms with Gasteiger partial charge in [0.05, 0.1) is 13.1 Å². The van der Waals surface area contributed by atoms with E-state index in [9.17, 15) is 4.79 Å². The lowest BCUT2D eigenvalue weighted by molar-refractivity contribution is -0.115. The molecule has 2 rings (SSSR count). The first-order chi connectivity index (χ1) is 11.5. The predicted molar refractivity (Wildman–Crippen MR) is 96.8 cm³/mol. The topological polar surface area (TPSA) is 82.8 Å². The highest BCUT2D eigenvalue weighted by molar-refractivity contribution is 9.10. The summed E-state index contributed by atoms with van der Waals surface area (Å²) in [6.07, 6.45) is 1.52. The first-order valence-electron chi connectivity index (χ1n) is 7.36. The molecule has 0 bridgehead atoms. The molecule has 24 heavy (non-hydrogen) atoms. The molecule has 0 saturated heterocycles. The van der Waals surface area contributed by atoms with Gasteiger partial charge in [0.15, 0.2) is 5.96 Å². The minimum absolute atomic E-state index is 0.113. The molecule has 128 valence electrons. The number of guanidine groups is 1. The van der Waals surface area contributed by atoms with Crippen molar-refractivity contribution >= 4 is 33.5 Å². The van der Waals surface area contributed by atoms with Crippen LogP contribution in [0.15, 0.2) is 44.5 Å². The average Bonchev–Trinajstić information content (AvgIpc) is 3.04. The van der Waals surface area contributed by atoms with Gasteiger partial charge in [-0.2, -0.15) is 0 Å². The first kappa shape index (κ1) is 18.0. The highest BCUT2D eigenvalue weighted by Gasteiger charge is 2.11. The van der Waals surface area contributed by atoms with Gasteiger partial charge in [-0.15, -0.1) is 0 Å². The molecule has 0 aliphatic heterocycles. The Hall–Kier alpha value is -2.35. The highest BCUT2D eigenvalue weighted by Crippen LogP contribution is 2.20. The smallest absolute Gasteiger partial charge is 0.243 e. The maximum absolute atomic E-state index is 12.1. The molecule has 0 unspecified atom stereocenters. The number of benzene rings is 1. The van der Waals surface area contributed by atoms with E-state index in [4.69, 9.17) is 4.52 Å². The van der Waals surface area contributed by atoms with E-state index in [2.05, 4.69) is 36.7 Å². The van der Waals surface area contributed by atoms with Gasteiger partial charge in [-0.05, 0) is 24.6 Å². The van der Waals surface area contributed by atoms with Crippen molar-refractivity contribution in [1.29, 1.82) is 0 Å². The molecular formula is C16H20BrN5O2. The summed E-state index contributed by atoms with van der Waals surface area (Å²) in [5.41, 5.74) is 2.57. The Morgan fingerprint density at radius 1 is 1.42 bits per heavy atom. The summed E-state index contributed by atoms with van der Waals surface area (Å²) in [7, 11) is 3.53. The van der Waals surface area contributed by atoms with Crippen molar-refractivity contribution in [2.24, 2.45) is 4.99 Å². The molecule has 1 heterocycles. The van der Waals surface area contributed by atoms with E-state index in [-0.39, 0.29) is 12.5 Å². The van der Waals surface area contributed by atoms with Crippen LogP contribution in [0.2, 0.25) is 0 Å². The molecule has 0 atom stereocenters. The number of aryl methyl sites for hydroxylation is 1. The quantitative estimate of drug-likeness (QED) is 0.601. The summed E-state index contributed by atoms with van der Waals surface area (Å²) < 4.78 is 5.73. The molecular weight excluding hydrogens is 374 g/mol. The Balaban J connectivity index is 1.88. The number of aromatic nitrogens is 1. The standard InChI is InChI=1S/C16H20BrN5O2/c1-11-4-5-12(17)8-14(11)20-15(23)9-19-16(18-2)22(3)10-13-6-7-24-21-13/h4-8H,9-10H2,1-3H3,(H,18,19)(H,20,23). The number of hydrogen-bond donors (Lipinski definition) is 2. The van der Waals surface area contributed by atoms with Gasteiger partial charge in [0.2, 0.25) is 5.91 Å². The van der Waals surface area contributed by atoms with Crippen LogP contribution in [0.25, 0.3) is 0 Å². The monoisotopic (exact) mass is 393 g/mol. The van der Waals surface area contributed by atoms with E-state index in [1.807, 2.05) is 37.1 Å². The van der Waals surface area contributed by atoms with Crippen molar-refractivity contribution in [2.75, 3.05) is 26.0 Å². The van der Waals surface area contributed by atoms with E-state index in [0.717, 1.165) is 21.4 Å². The van der Waals surface area contributed by atoms with Gasteiger partial charge in [0.1, 0.15) is 12.0 Å². The van der Waals surface area contributed by atoms with Crippen molar-refractivity contribution in [2.45, 2.75) is 13.5 Å². The largest absolute Gasteiger partial charge is 0.364 e. The zero-order valence-electron chi connectivity index (χ0n) is 13.8. The van der Waals surface area contributed by atoms with Crippen molar-refractivity contribution in [1.82, 2.24) is 15.4 Å². The SMILES string of the molecule is CN=C(NCC(=O)Nc1cc(Br)ccc1C)N(C)Cc1ccon1. The fraction of sp³-hybridized carbons (Fsp3) is 0.312. The van der Waals surface area contributed by atoms with Gasteiger partial charge in [0.25, 0.3) is 0 Å². The summed E-state index contributed by atoms with van der Waals surface area (Å²) in [5, 5.41) is 9.77. The number of nitrogens with one attached hydrogen (secondary N) is 2. The number of rotatable bonds is 5. The molecule has 2 N–H and O–H groups in total. The summed E-state index contributed by atoms with van der Waals surface area (Å²) in [4.78, 5) is 18.2. The van der Waals surface area contributed by atoms with Gasteiger partial charge in [-0.3, -0.25) is 9.79 Å². The molecule has 1 aromatic heterocycles.